The van der Waals surface area contributed by atoms with Gasteiger partial charge < -0.3 is 5.32 Å². The van der Waals surface area contributed by atoms with Crippen LogP contribution in [-0.4, -0.2) is 16.6 Å². The van der Waals surface area contributed by atoms with Gasteiger partial charge in [-0.15, -0.1) is 11.3 Å². The summed E-state index contributed by atoms with van der Waals surface area (Å²) in [6.07, 6.45) is 0. The third-order valence-electron chi connectivity index (χ3n) is 1.42. The highest BCUT2D eigenvalue weighted by Gasteiger charge is 2.05. The average molecular weight is 202 g/mol. The maximum Gasteiger partial charge on any atom is 0.235 e. The van der Waals surface area contributed by atoms with Crippen molar-refractivity contribution in [1.82, 2.24) is 4.98 Å². The molecule has 0 radical (unpaired) electrons. The van der Waals surface area contributed by atoms with Crippen molar-refractivity contribution in [2.75, 3.05) is 11.1 Å². The van der Waals surface area contributed by atoms with E-state index >= 15 is 0 Å². The number of thiazole rings is 1. The molecule has 1 amide bonds. The van der Waals surface area contributed by atoms with Crippen LogP contribution in [0.3, 0.4) is 0 Å². The Bertz CT molecular complexity index is 276. The van der Waals surface area contributed by atoms with E-state index in [1.807, 2.05) is 13.8 Å². The molecule has 1 heterocycles. The first-order valence-corrected chi connectivity index (χ1v) is 4.93. The normalized spacial score (nSPS) is 9.92. The largest absolute Gasteiger partial charge is 0.301 e. The minimum Gasteiger partial charge on any atom is -0.301 e. The number of hydrogen-bond acceptors (Lipinski definition) is 4. The van der Waals surface area contributed by atoms with Gasteiger partial charge in [0.25, 0.3) is 0 Å². The molecule has 1 rings (SSSR count). The third-order valence-corrected chi connectivity index (χ3v) is 2.69. The summed E-state index contributed by atoms with van der Waals surface area (Å²) in [6.45, 7) is 3.89. The predicted octanol–water partition coefficient (Wildman–Crippen LogP) is 1.63. The summed E-state index contributed by atoms with van der Waals surface area (Å²) in [5, 5.41) is 3.30. The van der Waals surface area contributed by atoms with Crippen LogP contribution in [0, 0.1) is 13.8 Å². The highest BCUT2D eigenvalue weighted by atomic mass is 32.1. The highest BCUT2D eigenvalue weighted by Crippen LogP contribution is 2.20. The molecule has 0 spiro atoms. The van der Waals surface area contributed by atoms with Gasteiger partial charge >= 0.3 is 0 Å². The molecule has 0 aliphatic carbocycles. The van der Waals surface area contributed by atoms with Crippen molar-refractivity contribution >= 4 is 35.0 Å². The summed E-state index contributed by atoms with van der Waals surface area (Å²) in [6, 6.07) is 0. The second kappa shape index (κ2) is 3.91. The van der Waals surface area contributed by atoms with E-state index in [4.69, 9.17) is 0 Å². The van der Waals surface area contributed by atoms with Crippen molar-refractivity contribution in [3.8, 4) is 0 Å². The fraction of sp³-hybridized carbons (Fsp3) is 0.429. The number of rotatable bonds is 2. The molecule has 0 bridgehead atoms. The van der Waals surface area contributed by atoms with Crippen molar-refractivity contribution in [3.63, 3.8) is 0 Å². The molecule has 12 heavy (non-hydrogen) atoms. The SMILES string of the molecule is Cc1nc(NC(=O)CS)sc1C. The number of aryl methyl sites for hydroxylation is 2. The number of aromatic nitrogens is 1. The zero-order valence-corrected chi connectivity index (χ0v) is 8.63. The molecule has 1 N–H and O–H groups in total. The van der Waals surface area contributed by atoms with E-state index in [2.05, 4.69) is 22.9 Å². The van der Waals surface area contributed by atoms with Crippen LogP contribution >= 0.6 is 24.0 Å². The highest BCUT2D eigenvalue weighted by molar-refractivity contribution is 7.81. The van der Waals surface area contributed by atoms with E-state index < -0.39 is 0 Å². The van der Waals surface area contributed by atoms with Gasteiger partial charge in [0, 0.05) is 4.88 Å². The van der Waals surface area contributed by atoms with Crippen LogP contribution in [0.15, 0.2) is 0 Å². The molecule has 0 saturated carbocycles. The number of hydrogen-bond donors (Lipinski definition) is 2. The zero-order valence-electron chi connectivity index (χ0n) is 6.92. The Balaban J connectivity index is 2.70. The molecule has 1 aromatic rings. The number of carbonyl (C=O) groups is 1. The Hall–Kier alpha value is -0.550. The van der Waals surface area contributed by atoms with Gasteiger partial charge in [0.1, 0.15) is 0 Å². The molecule has 0 unspecified atom stereocenters. The first-order chi connectivity index (χ1) is 5.63. The maximum atomic E-state index is 10.9. The lowest BCUT2D eigenvalue weighted by Crippen LogP contribution is -2.12. The maximum absolute atomic E-state index is 10.9. The molecule has 5 heteroatoms. The van der Waals surface area contributed by atoms with Crippen molar-refractivity contribution in [1.29, 1.82) is 0 Å². The number of anilines is 1. The van der Waals surface area contributed by atoms with E-state index in [0.29, 0.717) is 5.13 Å². The quantitative estimate of drug-likeness (QED) is 0.716. The Morgan fingerprint density at radius 2 is 2.33 bits per heavy atom. The van der Waals surface area contributed by atoms with Crippen LogP contribution in [0.1, 0.15) is 10.6 Å². The predicted molar refractivity (Wildman–Crippen MR) is 54.1 cm³/mol. The number of nitrogens with one attached hydrogen (secondary N) is 1. The van der Waals surface area contributed by atoms with Gasteiger partial charge in [-0.3, -0.25) is 4.79 Å². The lowest BCUT2D eigenvalue weighted by atomic mass is 10.4. The number of thiol groups is 1. The van der Waals surface area contributed by atoms with Crippen molar-refractivity contribution in [2.24, 2.45) is 0 Å². The summed E-state index contributed by atoms with van der Waals surface area (Å²) in [7, 11) is 0. The van der Waals surface area contributed by atoms with E-state index in [1.54, 1.807) is 0 Å². The lowest BCUT2D eigenvalue weighted by molar-refractivity contribution is -0.113. The molecule has 66 valence electrons. The molecular weight excluding hydrogens is 192 g/mol. The van der Waals surface area contributed by atoms with Crippen LogP contribution in [0.5, 0.6) is 0 Å². The number of nitrogens with zero attached hydrogens (tertiary/aromatic N) is 1. The second-order valence-electron chi connectivity index (χ2n) is 2.37. The fourth-order valence-electron chi connectivity index (χ4n) is 0.685. The fourth-order valence-corrected chi connectivity index (χ4v) is 1.59. The third kappa shape index (κ3) is 2.22. The summed E-state index contributed by atoms with van der Waals surface area (Å²) in [5.74, 6) is 0.0737. The van der Waals surface area contributed by atoms with Gasteiger partial charge in [-0.05, 0) is 13.8 Å². The monoisotopic (exact) mass is 202 g/mol. The summed E-state index contributed by atoms with van der Waals surface area (Å²) in [5.41, 5.74) is 0.967. The molecule has 0 fully saturated rings. The average Bonchev–Trinajstić information content (AvgIpc) is 2.31. The van der Waals surface area contributed by atoms with E-state index in [1.165, 1.54) is 11.3 Å². The van der Waals surface area contributed by atoms with Crippen molar-refractivity contribution in [2.45, 2.75) is 13.8 Å². The van der Waals surface area contributed by atoms with Crippen molar-refractivity contribution < 1.29 is 4.79 Å². The molecule has 0 aromatic carbocycles. The Morgan fingerprint density at radius 3 is 2.75 bits per heavy atom. The van der Waals surface area contributed by atoms with Crippen LogP contribution in [0.25, 0.3) is 0 Å². The zero-order chi connectivity index (χ0) is 9.14. The van der Waals surface area contributed by atoms with Crippen LogP contribution in [-0.2, 0) is 4.79 Å². The van der Waals surface area contributed by atoms with E-state index in [0.717, 1.165) is 10.6 Å². The first-order valence-electron chi connectivity index (χ1n) is 3.48. The van der Waals surface area contributed by atoms with Crippen LogP contribution in [0.2, 0.25) is 0 Å². The summed E-state index contributed by atoms with van der Waals surface area (Å²) < 4.78 is 0. The molecular formula is C7H10N2OS2. The van der Waals surface area contributed by atoms with Gasteiger partial charge in [-0.1, -0.05) is 0 Å². The second-order valence-corrected chi connectivity index (χ2v) is 3.89. The first kappa shape index (κ1) is 9.54. The summed E-state index contributed by atoms with van der Waals surface area (Å²) in [4.78, 5) is 16.2. The summed E-state index contributed by atoms with van der Waals surface area (Å²) >= 11 is 5.32. The minimum atomic E-state index is -0.118. The molecule has 0 saturated heterocycles. The lowest BCUT2D eigenvalue weighted by Gasteiger charge is -1.94. The topological polar surface area (TPSA) is 42.0 Å². The number of carbonyl (C=O) groups excluding carboxylic acids is 1. The van der Waals surface area contributed by atoms with Gasteiger partial charge in [0.2, 0.25) is 5.91 Å². The van der Waals surface area contributed by atoms with Gasteiger partial charge in [-0.2, -0.15) is 12.6 Å². The van der Waals surface area contributed by atoms with Gasteiger partial charge in [-0.25, -0.2) is 4.98 Å². The van der Waals surface area contributed by atoms with Crippen LogP contribution in [0.4, 0.5) is 5.13 Å². The molecule has 0 aliphatic heterocycles. The van der Waals surface area contributed by atoms with Crippen molar-refractivity contribution in [3.05, 3.63) is 10.6 Å². The minimum absolute atomic E-state index is 0.118. The smallest absolute Gasteiger partial charge is 0.235 e. The molecule has 3 nitrogen and oxygen atoms in total. The van der Waals surface area contributed by atoms with Gasteiger partial charge in [0.15, 0.2) is 5.13 Å². The van der Waals surface area contributed by atoms with Crippen LogP contribution < -0.4 is 5.32 Å². The van der Waals surface area contributed by atoms with E-state index in [9.17, 15) is 4.79 Å². The Kier molecular flexibility index (Phi) is 3.11. The molecule has 1 aromatic heterocycles. The van der Waals surface area contributed by atoms with E-state index in [-0.39, 0.29) is 11.7 Å². The molecule has 0 aliphatic rings. The Morgan fingerprint density at radius 1 is 1.67 bits per heavy atom. The number of amides is 1. The molecule has 0 atom stereocenters. The standard InChI is InChI=1S/C7H10N2OS2/c1-4-5(2)12-7(8-4)9-6(10)3-11/h11H,3H2,1-2H3,(H,8,9,10). The van der Waals surface area contributed by atoms with Gasteiger partial charge in [0.05, 0.1) is 11.4 Å². The Labute approximate surface area is 80.6 Å².